The predicted octanol–water partition coefficient (Wildman–Crippen LogP) is 1.20. The van der Waals surface area contributed by atoms with Crippen molar-refractivity contribution < 1.29 is 19.1 Å². The lowest BCUT2D eigenvalue weighted by Crippen LogP contribution is -2.47. The summed E-state index contributed by atoms with van der Waals surface area (Å²) in [6, 6.07) is 7.14. The normalized spacial score (nSPS) is 22.9. The molecule has 7 heteroatoms. The minimum Gasteiger partial charge on any atom is -0.347 e. The molecule has 3 aliphatic rings. The lowest BCUT2D eigenvalue weighted by Gasteiger charge is -2.37. The predicted molar refractivity (Wildman–Crippen MR) is 87.0 cm³/mol. The summed E-state index contributed by atoms with van der Waals surface area (Å²) in [6.45, 7) is 3.85. The summed E-state index contributed by atoms with van der Waals surface area (Å²) in [5, 5.41) is 2.77. The molecule has 0 radical (unpaired) electrons. The minimum atomic E-state index is -0.468. The summed E-state index contributed by atoms with van der Waals surface area (Å²) < 4.78 is 11.4. The molecular formula is C17H21N3O4. The molecule has 1 N–H and O–H groups in total. The van der Waals surface area contributed by atoms with Gasteiger partial charge in [-0.2, -0.15) is 0 Å². The summed E-state index contributed by atoms with van der Waals surface area (Å²) >= 11 is 0. The SMILES string of the molecule is O=C(c1ccc(N2CCNC2=O)cc1)N1CCC2(CC1)OCCO2. The molecule has 0 aliphatic carbocycles. The number of amides is 3. The van der Waals surface area contributed by atoms with Crippen LogP contribution in [0.3, 0.4) is 0 Å². The van der Waals surface area contributed by atoms with Gasteiger partial charge >= 0.3 is 6.03 Å². The lowest BCUT2D eigenvalue weighted by atomic mass is 10.0. The van der Waals surface area contributed by atoms with E-state index < -0.39 is 5.79 Å². The molecule has 0 unspecified atom stereocenters. The molecule has 24 heavy (non-hydrogen) atoms. The third kappa shape index (κ3) is 2.74. The first-order valence-corrected chi connectivity index (χ1v) is 8.40. The lowest BCUT2D eigenvalue weighted by molar-refractivity contribution is -0.181. The van der Waals surface area contributed by atoms with E-state index in [9.17, 15) is 9.59 Å². The summed E-state index contributed by atoms with van der Waals surface area (Å²) in [5.41, 5.74) is 1.45. The molecule has 0 aromatic heterocycles. The van der Waals surface area contributed by atoms with E-state index >= 15 is 0 Å². The van der Waals surface area contributed by atoms with Gasteiger partial charge in [0.1, 0.15) is 0 Å². The molecule has 3 amide bonds. The van der Waals surface area contributed by atoms with Crippen molar-refractivity contribution in [2.24, 2.45) is 0 Å². The molecule has 0 bridgehead atoms. The van der Waals surface area contributed by atoms with Gasteiger partial charge in [0.25, 0.3) is 5.91 Å². The van der Waals surface area contributed by atoms with Crippen LogP contribution in [0.4, 0.5) is 10.5 Å². The van der Waals surface area contributed by atoms with Gasteiger partial charge in [-0.1, -0.05) is 0 Å². The Labute approximate surface area is 140 Å². The summed E-state index contributed by atoms with van der Waals surface area (Å²) in [5.74, 6) is -0.454. The summed E-state index contributed by atoms with van der Waals surface area (Å²) in [4.78, 5) is 27.8. The van der Waals surface area contributed by atoms with Crippen LogP contribution in [0.15, 0.2) is 24.3 Å². The van der Waals surface area contributed by atoms with E-state index in [0.29, 0.717) is 57.8 Å². The summed E-state index contributed by atoms with van der Waals surface area (Å²) in [6.07, 6.45) is 1.43. The molecule has 7 nitrogen and oxygen atoms in total. The highest BCUT2D eigenvalue weighted by Crippen LogP contribution is 2.31. The minimum absolute atomic E-state index is 0.0141. The number of hydrogen-bond acceptors (Lipinski definition) is 4. The Hall–Kier alpha value is -2.12. The highest BCUT2D eigenvalue weighted by atomic mass is 16.7. The largest absolute Gasteiger partial charge is 0.347 e. The molecule has 1 spiro atoms. The first-order chi connectivity index (χ1) is 11.7. The van der Waals surface area contributed by atoms with E-state index in [4.69, 9.17) is 9.47 Å². The van der Waals surface area contributed by atoms with Crippen LogP contribution >= 0.6 is 0 Å². The number of anilines is 1. The van der Waals surface area contributed by atoms with Gasteiger partial charge in [0, 0.05) is 50.3 Å². The fourth-order valence-corrected chi connectivity index (χ4v) is 3.52. The molecule has 3 heterocycles. The Kier molecular flexibility index (Phi) is 3.90. The second-order valence-electron chi connectivity index (χ2n) is 6.33. The Balaban J connectivity index is 1.40. The second-order valence-corrected chi connectivity index (χ2v) is 6.33. The smallest absolute Gasteiger partial charge is 0.321 e. The average molecular weight is 331 g/mol. The van der Waals surface area contributed by atoms with E-state index in [2.05, 4.69) is 5.32 Å². The standard InChI is InChI=1S/C17H21N3O4/c21-15(19-8-5-17(6-9-19)23-11-12-24-17)13-1-3-14(4-2-13)20-10-7-18-16(20)22/h1-4H,5-12H2,(H,18,22). The second kappa shape index (κ2) is 6.07. The number of carbonyl (C=O) groups excluding carboxylic acids is 2. The number of ether oxygens (including phenoxy) is 2. The zero-order valence-electron chi connectivity index (χ0n) is 13.5. The van der Waals surface area contributed by atoms with Crippen LogP contribution in [0.1, 0.15) is 23.2 Å². The molecule has 3 fully saturated rings. The van der Waals surface area contributed by atoms with Crippen LogP contribution in [-0.2, 0) is 9.47 Å². The first-order valence-electron chi connectivity index (χ1n) is 8.40. The van der Waals surface area contributed by atoms with E-state index in [1.807, 2.05) is 17.0 Å². The van der Waals surface area contributed by atoms with Gasteiger partial charge in [0.15, 0.2) is 5.79 Å². The van der Waals surface area contributed by atoms with E-state index in [1.54, 1.807) is 17.0 Å². The van der Waals surface area contributed by atoms with Crippen molar-refractivity contribution in [2.75, 3.05) is 44.3 Å². The van der Waals surface area contributed by atoms with E-state index in [1.165, 1.54) is 0 Å². The molecule has 0 saturated carbocycles. The highest BCUT2D eigenvalue weighted by Gasteiger charge is 2.40. The first kappa shape index (κ1) is 15.4. The van der Waals surface area contributed by atoms with Gasteiger partial charge < -0.3 is 19.7 Å². The maximum atomic E-state index is 12.7. The Morgan fingerprint density at radius 3 is 2.29 bits per heavy atom. The average Bonchev–Trinajstić information content (AvgIpc) is 3.25. The number of nitrogens with zero attached hydrogens (tertiary/aromatic N) is 2. The van der Waals surface area contributed by atoms with E-state index in [0.717, 1.165) is 5.69 Å². The summed E-state index contributed by atoms with van der Waals surface area (Å²) in [7, 11) is 0. The molecule has 1 aromatic carbocycles. The molecule has 3 saturated heterocycles. The van der Waals surface area contributed by atoms with Gasteiger partial charge in [0.2, 0.25) is 0 Å². The van der Waals surface area contributed by atoms with Gasteiger partial charge in [-0.15, -0.1) is 0 Å². The molecule has 4 rings (SSSR count). The Morgan fingerprint density at radius 2 is 1.71 bits per heavy atom. The fourth-order valence-electron chi connectivity index (χ4n) is 3.52. The quantitative estimate of drug-likeness (QED) is 0.884. The van der Waals surface area contributed by atoms with Crippen molar-refractivity contribution in [3.63, 3.8) is 0 Å². The fraction of sp³-hybridized carbons (Fsp3) is 0.529. The zero-order valence-corrected chi connectivity index (χ0v) is 13.5. The third-order valence-corrected chi connectivity index (χ3v) is 4.91. The van der Waals surface area contributed by atoms with Gasteiger partial charge in [-0.05, 0) is 24.3 Å². The molecule has 3 aliphatic heterocycles. The van der Waals surface area contributed by atoms with Crippen molar-refractivity contribution in [3.05, 3.63) is 29.8 Å². The number of likely N-dealkylation sites (tertiary alicyclic amines) is 1. The third-order valence-electron chi connectivity index (χ3n) is 4.91. The number of urea groups is 1. The maximum absolute atomic E-state index is 12.7. The highest BCUT2D eigenvalue weighted by molar-refractivity contribution is 5.97. The van der Waals surface area contributed by atoms with Crippen LogP contribution in [0, 0.1) is 0 Å². The van der Waals surface area contributed by atoms with Crippen molar-refractivity contribution in [1.29, 1.82) is 0 Å². The number of nitrogens with one attached hydrogen (secondary N) is 1. The number of benzene rings is 1. The van der Waals surface area contributed by atoms with Gasteiger partial charge in [-0.25, -0.2) is 4.79 Å². The van der Waals surface area contributed by atoms with Crippen LogP contribution in [0.25, 0.3) is 0 Å². The van der Waals surface area contributed by atoms with Crippen molar-refractivity contribution in [3.8, 4) is 0 Å². The molecule has 1 aromatic rings. The van der Waals surface area contributed by atoms with Gasteiger partial charge in [-0.3, -0.25) is 9.69 Å². The van der Waals surface area contributed by atoms with Crippen LogP contribution < -0.4 is 10.2 Å². The topological polar surface area (TPSA) is 71.1 Å². The number of rotatable bonds is 2. The Bertz CT molecular complexity index is 630. The van der Waals surface area contributed by atoms with Gasteiger partial charge in [0.05, 0.1) is 13.2 Å². The maximum Gasteiger partial charge on any atom is 0.321 e. The van der Waals surface area contributed by atoms with Crippen LogP contribution in [-0.4, -0.2) is 62.0 Å². The Morgan fingerprint density at radius 1 is 1.04 bits per heavy atom. The van der Waals surface area contributed by atoms with Crippen molar-refractivity contribution >= 4 is 17.6 Å². The van der Waals surface area contributed by atoms with E-state index in [-0.39, 0.29) is 11.9 Å². The van der Waals surface area contributed by atoms with Crippen molar-refractivity contribution in [1.82, 2.24) is 10.2 Å². The van der Waals surface area contributed by atoms with Crippen LogP contribution in [0.5, 0.6) is 0 Å². The monoisotopic (exact) mass is 331 g/mol. The van der Waals surface area contributed by atoms with Crippen LogP contribution in [0.2, 0.25) is 0 Å². The number of hydrogen-bond donors (Lipinski definition) is 1. The molecule has 0 atom stereocenters. The zero-order chi connectivity index (χ0) is 16.6. The molecule has 128 valence electrons. The molecular weight excluding hydrogens is 310 g/mol. The van der Waals surface area contributed by atoms with Crippen molar-refractivity contribution in [2.45, 2.75) is 18.6 Å². The number of carbonyl (C=O) groups is 2. The number of piperidine rings is 1.